The van der Waals surface area contributed by atoms with Gasteiger partial charge in [-0.3, -0.25) is 4.79 Å². The Balaban J connectivity index is 1.77. The second kappa shape index (κ2) is 8.55. The number of rotatable bonds is 6. The van der Waals surface area contributed by atoms with Crippen LogP contribution in [0.15, 0.2) is 41.3 Å². The van der Waals surface area contributed by atoms with Crippen molar-refractivity contribution in [2.75, 3.05) is 20.2 Å². The van der Waals surface area contributed by atoms with Crippen molar-refractivity contribution in [3.05, 3.63) is 58.7 Å². The highest BCUT2D eigenvalue weighted by molar-refractivity contribution is 7.89. The molecule has 0 bridgehead atoms. The number of nitrogens with zero attached hydrogens (tertiary/aromatic N) is 1. The number of nitrogens with one attached hydrogen (secondary N) is 1. The Morgan fingerprint density at radius 2 is 1.86 bits per heavy atom. The molecule has 0 saturated carbocycles. The smallest absolute Gasteiger partial charge is 0.251 e. The summed E-state index contributed by atoms with van der Waals surface area (Å²) in [6.07, 6.45) is 1.50. The van der Waals surface area contributed by atoms with E-state index in [1.54, 1.807) is 35.7 Å². The van der Waals surface area contributed by atoms with Crippen molar-refractivity contribution < 1.29 is 17.9 Å². The number of ether oxygens (including phenoxy) is 1. The Bertz CT molecular complexity index is 994. The van der Waals surface area contributed by atoms with Crippen molar-refractivity contribution >= 4 is 15.9 Å². The van der Waals surface area contributed by atoms with Crippen molar-refractivity contribution in [2.24, 2.45) is 0 Å². The van der Waals surface area contributed by atoms with Gasteiger partial charge in [0.15, 0.2) is 0 Å². The summed E-state index contributed by atoms with van der Waals surface area (Å²) in [5.74, 6) is 0.365. The third-order valence-corrected chi connectivity index (χ3v) is 7.58. The van der Waals surface area contributed by atoms with Crippen LogP contribution in [0.4, 0.5) is 0 Å². The first kappa shape index (κ1) is 21.3. The summed E-state index contributed by atoms with van der Waals surface area (Å²) in [6.45, 7) is 6.38. The molecule has 1 aliphatic heterocycles. The van der Waals surface area contributed by atoms with E-state index in [2.05, 4.69) is 5.32 Å². The Labute approximate surface area is 172 Å². The molecule has 0 spiro atoms. The molecule has 156 valence electrons. The Kier molecular flexibility index (Phi) is 6.29. The van der Waals surface area contributed by atoms with E-state index >= 15 is 0 Å². The topological polar surface area (TPSA) is 75.7 Å². The van der Waals surface area contributed by atoms with Gasteiger partial charge in [-0.05, 0) is 62.9 Å². The Morgan fingerprint density at radius 1 is 1.17 bits per heavy atom. The van der Waals surface area contributed by atoms with E-state index in [1.807, 2.05) is 32.9 Å². The molecule has 0 aromatic heterocycles. The quantitative estimate of drug-likeness (QED) is 0.785. The SMILES string of the molecule is COc1cccc(C(=O)NC[C@H]2CCCN2S(=O)(=O)c2c(C)cc(C)cc2C)c1. The first-order chi connectivity index (χ1) is 13.7. The second-order valence-electron chi connectivity index (χ2n) is 7.58. The number of amides is 1. The largest absolute Gasteiger partial charge is 0.497 e. The summed E-state index contributed by atoms with van der Waals surface area (Å²) in [6, 6.07) is 10.4. The molecule has 1 heterocycles. The Morgan fingerprint density at radius 3 is 2.52 bits per heavy atom. The van der Waals surface area contributed by atoms with Crippen LogP contribution in [0.3, 0.4) is 0 Å². The minimum atomic E-state index is -3.63. The summed E-state index contributed by atoms with van der Waals surface area (Å²) in [5, 5.41) is 2.88. The summed E-state index contributed by atoms with van der Waals surface area (Å²) >= 11 is 0. The van der Waals surface area contributed by atoms with Crippen molar-refractivity contribution in [2.45, 2.75) is 44.6 Å². The van der Waals surface area contributed by atoms with Gasteiger partial charge < -0.3 is 10.1 Å². The Hall–Kier alpha value is -2.38. The first-order valence-corrected chi connectivity index (χ1v) is 11.2. The lowest BCUT2D eigenvalue weighted by Crippen LogP contribution is -2.43. The zero-order valence-corrected chi connectivity index (χ0v) is 18.2. The van der Waals surface area contributed by atoms with Gasteiger partial charge >= 0.3 is 0 Å². The molecule has 2 aromatic carbocycles. The highest BCUT2D eigenvalue weighted by atomic mass is 32.2. The lowest BCUT2D eigenvalue weighted by Gasteiger charge is -2.26. The van der Waals surface area contributed by atoms with Crippen LogP contribution in [0.25, 0.3) is 0 Å². The van der Waals surface area contributed by atoms with Crippen LogP contribution >= 0.6 is 0 Å². The van der Waals surface area contributed by atoms with Crippen LogP contribution in [-0.4, -0.2) is 44.9 Å². The van der Waals surface area contributed by atoms with Gasteiger partial charge in [-0.2, -0.15) is 4.31 Å². The molecule has 3 rings (SSSR count). The fraction of sp³-hybridized carbons (Fsp3) is 0.409. The zero-order chi connectivity index (χ0) is 21.2. The lowest BCUT2D eigenvalue weighted by molar-refractivity contribution is 0.0946. The summed E-state index contributed by atoms with van der Waals surface area (Å²) in [7, 11) is -2.08. The monoisotopic (exact) mass is 416 g/mol. The van der Waals surface area contributed by atoms with Crippen LogP contribution in [-0.2, 0) is 10.0 Å². The van der Waals surface area contributed by atoms with Crippen LogP contribution < -0.4 is 10.1 Å². The van der Waals surface area contributed by atoms with Crippen molar-refractivity contribution in [3.8, 4) is 5.75 Å². The minimum Gasteiger partial charge on any atom is -0.497 e. The second-order valence-corrected chi connectivity index (χ2v) is 9.41. The van der Waals surface area contributed by atoms with Crippen molar-refractivity contribution in [1.29, 1.82) is 0 Å². The molecule has 1 atom stereocenters. The van der Waals surface area contributed by atoms with Gasteiger partial charge in [-0.25, -0.2) is 8.42 Å². The third kappa shape index (κ3) is 4.46. The number of sulfonamides is 1. The molecule has 0 unspecified atom stereocenters. The zero-order valence-electron chi connectivity index (χ0n) is 17.4. The standard InChI is InChI=1S/C22H28N2O4S/c1-15-11-16(2)21(17(3)12-15)29(26,27)24-10-6-8-19(24)14-23-22(25)18-7-5-9-20(13-18)28-4/h5,7,9,11-13,19H,6,8,10,14H2,1-4H3,(H,23,25)/t19-/m1/s1. The van der Waals surface area contributed by atoms with E-state index in [0.29, 0.717) is 22.8 Å². The van der Waals surface area contributed by atoms with E-state index in [4.69, 9.17) is 4.74 Å². The van der Waals surface area contributed by atoms with Gasteiger partial charge in [-0.15, -0.1) is 0 Å². The molecule has 1 aliphatic rings. The molecule has 2 aromatic rings. The van der Waals surface area contributed by atoms with Crippen molar-refractivity contribution in [1.82, 2.24) is 9.62 Å². The highest BCUT2D eigenvalue weighted by Gasteiger charge is 2.37. The van der Waals surface area contributed by atoms with Crippen LogP contribution in [0.1, 0.15) is 39.9 Å². The number of aryl methyl sites for hydroxylation is 3. The van der Waals surface area contributed by atoms with Crippen LogP contribution in [0.5, 0.6) is 5.75 Å². The average Bonchev–Trinajstić information content (AvgIpc) is 3.14. The molecule has 1 fully saturated rings. The molecule has 1 N–H and O–H groups in total. The normalized spacial score (nSPS) is 17.3. The molecule has 0 aliphatic carbocycles. The first-order valence-electron chi connectivity index (χ1n) is 9.76. The highest BCUT2D eigenvalue weighted by Crippen LogP contribution is 2.30. The van der Waals surface area contributed by atoms with E-state index in [1.165, 1.54) is 0 Å². The van der Waals surface area contributed by atoms with Gasteiger partial charge in [0.05, 0.1) is 12.0 Å². The van der Waals surface area contributed by atoms with Gasteiger partial charge in [0.2, 0.25) is 10.0 Å². The third-order valence-electron chi connectivity index (χ3n) is 5.32. The van der Waals surface area contributed by atoms with Crippen molar-refractivity contribution in [3.63, 3.8) is 0 Å². The fourth-order valence-electron chi connectivity index (χ4n) is 4.10. The van der Waals surface area contributed by atoms with Gasteiger partial charge in [0.25, 0.3) is 5.91 Å². The average molecular weight is 417 g/mol. The maximum absolute atomic E-state index is 13.4. The van der Waals surface area contributed by atoms with E-state index in [9.17, 15) is 13.2 Å². The number of benzene rings is 2. The summed E-state index contributed by atoms with van der Waals surface area (Å²) in [4.78, 5) is 12.9. The molecule has 29 heavy (non-hydrogen) atoms. The van der Waals surface area contributed by atoms with E-state index in [-0.39, 0.29) is 18.5 Å². The number of methoxy groups -OCH3 is 1. The number of carbonyl (C=O) groups excluding carboxylic acids is 1. The van der Waals surface area contributed by atoms with E-state index in [0.717, 1.165) is 29.5 Å². The number of hydrogen-bond donors (Lipinski definition) is 1. The fourth-order valence-corrected chi connectivity index (χ4v) is 6.21. The van der Waals surface area contributed by atoms with E-state index < -0.39 is 10.0 Å². The maximum Gasteiger partial charge on any atom is 0.251 e. The molecular weight excluding hydrogens is 388 g/mol. The number of hydrogen-bond acceptors (Lipinski definition) is 4. The number of carbonyl (C=O) groups is 1. The minimum absolute atomic E-state index is 0.240. The molecular formula is C22H28N2O4S. The van der Waals surface area contributed by atoms with Crippen LogP contribution in [0.2, 0.25) is 0 Å². The van der Waals surface area contributed by atoms with Gasteiger partial charge in [0, 0.05) is 24.7 Å². The maximum atomic E-state index is 13.4. The molecule has 1 amide bonds. The molecule has 6 nitrogen and oxygen atoms in total. The predicted octanol–water partition coefficient (Wildman–Crippen LogP) is 3.20. The summed E-state index contributed by atoms with van der Waals surface area (Å²) < 4.78 is 33.5. The molecule has 1 saturated heterocycles. The molecule has 0 radical (unpaired) electrons. The predicted molar refractivity (Wildman–Crippen MR) is 113 cm³/mol. The van der Waals surface area contributed by atoms with Gasteiger partial charge in [-0.1, -0.05) is 23.8 Å². The van der Waals surface area contributed by atoms with Gasteiger partial charge in [0.1, 0.15) is 5.75 Å². The van der Waals surface area contributed by atoms with Crippen LogP contribution in [0, 0.1) is 20.8 Å². The lowest BCUT2D eigenvalue weighted by atomic mass is 10.1. The molecule has 7 heteroatoms. The summed E-state index contributed by atoms with van der Waals surface area (Å²) in [5.41, 5.74) is 3.05.